The lowest BCUT2D eigenvalue weighted by Crippen LogP contribution is -2.36. The number of likely N-dealkylation sites (tertiary alicyclic amines) is 1. The van der Waals surface area contributed by atoms with Gasteiger partial charge in [0.2, 0.25) is 0 Å². The third-order valence-corrected chi connectivity index (χ3v) is 4.78. The van der Waals surface area contributed by atoms with Gasteiger partial charge in [-0.2, -0.15) is 0 Å². The average molecular weight is 291 g/mol. The zero-order valence-corrected chi connectivity index (χ0v) is 13.3. The SMILES string of the molecule is CC=C1N(C)C(C)C(=O)C1(c1ccccc1)c1ccccc1. The second kappa shape index (κ2) is 5.45. The Morgan fingerprint density at radius 2 is 1.41 bits per heavy atom. The van der Waals surface area contributed by atoms with Crippen molar-refractivity contribution < 1.29 is 4.79 Å². The first-order valence-corrected chi connectivity index (χ1v) is 7.69. The summed E-state index contributed by atoms with van der Waals surface area (Å²) in [5.74, 6) is 0.237. The molecular weight excluding hydrogens is 270 g/mol. The average Bonchev–Trinajstić information content (AvgIpc) is 2.78. The third kappa shape index (κ3) is 1.83. The van der Waals surface area contributed by atoms with E-state index in [0.29, 0.717) is 0 Å². The minimum atomic E-state index is -0.703. The molecule has 0 bridgehead atoms. The van der Waals surface area contributed by atoms with Gasteiger partial charge in [-0.1, -0.05) is 66.7 Å². The monoisotopic (exact) mass is 291 g/mol. The van der Waals surface area contributed by atoms with Crippen LogP contribution in [0, 0.1) is 0 Å². The quantitative estimate of drug-likeness (QED) is 0.839. The highest BCUT2D eigenvalue weighted by atomic mass is 16.1. The fourth-order valence-electron chi connectivity index (χ4n) is 3.63. The van der Waals surface area contributed by atoms with E-state index in [-0.39, 0.29) is 11.8 Å². The van der Waals surface area contributed by atoms with Crippen LogP contribution in [-0.4, -0.2) is 23.8 Å². The summed E-state index contributed by atoms with van der Waals surface area (Å²) >= 11 is 0. The molecule has 1 aliphatic heterocycles. The zero-order valence-electron chi connectivity index (χ0n) is 13.3. The van der Waals surface area contributed by atoms with E-state index in [4.69, 9.17) is 0 Å². The number of likely N-dealkylation sites (N-methyl/N-ethyl adjacent to an activating group) is 1. The highest BCUT2D eigenvalue weighted by Crippen LogP contribution is 2.47. The molecule has 2 aromatic rings. The fraction of sp³-hybridized carbons (Fsp3) is 0.250. The predicted molar refractivity (Wildman–Crippen MR) is 89.7 cm³/mol. The summed E-state index contributed by atoms with van der Waals surface area (Å²) in [5.41, 5.74) is 2.43. The molecule has 0 spiro atoms. The van der Waals surface area contributed by atoms with Crippen LogP contribution in [0.15, 0.2) is 72.4 Å². The van der Waals surface area contributed by atoms with E-state index in [2.05, 4.69) is 35.2 Å². The normalized spacial score (nSPS) is 22.3. The number of ketones is 1. The molecule has 1 heterocycles. The van der Waals surface area contributed by atoms with Gasteiger partial charge in [0, 0.05) is 12.7 Å². The lowest BCUT2D eigenvalue weighted by atomic mass is 9.70. The number of rotatable bonds is 2. The summed E-state index contributed by atoms with van der Waals surface area (Å²) in [6.07, 6.45) is 2.07. The van der Waals surface area contributed by atoms with Crippen LogP contribution in [0.2, 0.25) is 0 Å². The number of benzene rings is 2. The van der Waals surface area contributed by atoms with Gasteiger partial charge in [0.1, 0.15) is 5.41 Å². The molecule has 0 amide bonds. The van der Waals surface area contributed by atoms with Crippen molar-refractivity contribution in [2.45, 2.75) is 25.3 Å². The number of carbonyl (C=O) groups excluding carboxylic acids is 1. The summed E-state index contributed by atoms with van der Waals surface area (Å²) in [6.45, 7) is 4.00. The first kappa shape index (κ1) is 14.6. The highest BCUT2D eigenvalue weighted by Gasteiger charge is 2.54. The molecular formula is C20H21NO. The van der Waals surface area contributed by atoms with Crippen molar-refractivity contribution in [2.24, 2.45) is 0 Å². The van der Waals surface area contributed by atoms with E-state index >= 15 is 0 Å². The maximum atomic E-state index is 13.3. The minimum absolute atomic E-state index is 0.133. The van der Waals surface area contributed by atoms with E-state index in [1.54, 1.807) is 0 Å². The molecule has 112 valence electrons. The number of carbonyl (C=O) groups is 1. The molecule has 2 heteroatoms. The van der Waals surface area contributed by atoms with Gasteiger partial charge in [-0.25, -0.2) is 0 Å². The molecule has 0 radical (unpaired) electrons. The number of hydrogen-bond donors (Lipinski definition) is 0. The van der Waals surface area contributed by atoms with Crippen LogP contribution in [0.25, 0.3) is 0 Å². The standard InChI is InChI=1S/C20H21NO/c1-4-18-20(16-11-7-5-8-12-16,17-13-9-6-10-14-17)19(22)15(2)21(18)3/h4-15H,1-3H3. The smallest absolute Gasteiger partial charge is 0.175 e. The van der Waals surface area contributed by atoms with E-state index < -0.39 is 5.41 Å². The van der Waals surface area contributed by atoms with Crippen LogP contribution < -0.4 is 0 Å². The first-order valence-electron chi connectivity index (χ1n) is 7.69. The Kier molecular flexibility index (Phi) is 3.61. The van der Waals surface area contributed by atoms with Crippen LogP contribution in [0.1, 0.15) is 25.0 Å². The molecule has 1 unspecified atom stereocenters. The summed E-state index contributed by atoms with van der Waals surface area (Å²) in [6, 6.07) is 20.1. The Bertz CT molecular complexity index is 664. The van der Waals surface area contributed by atoms with Crippen molar-refractivity contribution in [1.82, 2.24) is 4.90 Å². The lowest BCUT2D eigenvalue weighted by Gasteiger charge is -2.31. The Balaban J connectivity index is 2.37. The summed E-state index contributed by atoms with van der Waals surface area (Å²) in [5, 5.41) is 0. The van der Waals surface area contributed by atoms with Gasteiger partial charge in [0.05, 0.1) is 6.04 Å². The summed E-state index contributed by atoms with van der Waals surface area (Å²) < 4.78 is 0. The van der Waals surface area contributed by atoms with Crippen molar-refractivity contribution in [1.29, 1.82) is 0 Å². The molecule has 2 aromatic carbocycles. The molecule has 3 rings (SSSR count). The molecule has 0 N–H and O–H groups in total. The van der Waals surface area contributed by atoms with Crippen LogP contribution in [0.4, 0.5) is 0 Å². The molecule has 22 heavy (non-hydrogen) atoms. The van der Waals surface area contributed by atoms with Crippen LogP contribution in [0.5, 0.6) is 0 Å². The van der Waals surface area contributed by atoms with Gasteiger partial charge < -0.3 is 4.90 Å². The van der Waals surface area contributed by atoms with Crippen molar-refractivity contribution in [3.63, 3.8) is 0 Å². The lowest BCUT2D eigenvalue weighted by molar-refractivity contribution is -0.122. The molecule has 1 saturated heterocycles. The molecule has 0 aromatic heterocycles. The van der Waals surface area contributed by atoms with Crippen molar-refractivity contribution >= 4 is 5.78 Å². The van der Waals surface area contributed by atoms with E-state index in [1.807, 2.05) is 57.3 Å². The first-order chi connectivity index (χ1) is 10.6. The Labute approximate surface area is 132 Å². The zero-order chi connectivity index (χ0) is 15.7. The molecule has 0 aliphatic carbocycles. The van der Waals surface area contributed by atoms with Gasteiger partial charge in [-0.05, 0) is 25.0 Å². The van der Waals surface area contributed by atoms with Gasteiger partial charge in [-0.3, -0.25) is 4.79 Å². The highest BCUT2D eigenvalue weighted by molar-refractivity contribution is 6.03. The molecule has 1 aliphatic rings. The van der Waals surface area contributed by atoms with Gasteiger partial charge >= 0.3 is 0 Å². The van der Waals surface area contributed by atoms with Crippen molar-refractivity contribution in [3.8, 4) is 0 Å². The molecule has 0 saturated carbocycles. The number of Topliss-reactive ketones (excluding diaryl/α,β-unsaturated/α-hetero) is 1. The third-order valence-electron chi connectivity index (χ3n) is 4.78. The van der Waals surface area contributed by atoms with Crippen LogP contribution in [0.3, 0.4) is 0 Å². The van der Waals surface area contributed by atoms with E-state index in [0.717, 1.165) is 16.8 Å². The van der Waals surface area contributed by atoms with E-state index in [1.165, 1.54) is 0 Å². The van der Waals surface area contributed by atoms with Gasteiger partial charge in [0.15, 0.2) is 5.78 Å². The van der Waals surface area contributed by atoms with Crippen LogP contribution >= 0.6 is 0 Å². The topological polar surface area (TPSA) is 20.3 Å². The predicted octanol–water partition coefficient (Wildman–Crippen LogP) is 3.78. The van der Waals surface area contributed by atoms with E-state index in [9.17, 15) is 4.79 Å². The minimum Gasteiger partial charge on any atom is -0.367 e. The fourth-order valence-corrected chi connectivity index (χ4v) is 3.63. The second-order valence-electron chi connectivity index (χ2n) is 5.81. The maximum absolute atomic E-state index is 13.3. The molecule has 1 atom stereocenters. The molecule has 2 nitrogen and oxygen atoms in total. The summed E-state index contributed by atoms with van der Waals surface area (Å²) in [7, 11) is 2.01. The largest absolute Gasteiger partial charge is 0.367 e. The summed E-state index contributed by atoms with van der Waals surface area (Å²) in [4.78, 5) is 15.4. The van der Waals surface area contributed by atoms with Crippen molar-refractivity contribution in [3.05, 3.63) is 83.6 Å². The Morgan fingerprint density at radius 3 is 1.82 bits per heavy atom. The number of nitrogens with zero attached hydrogens (tertiary/aromatic N) is 1. The van der Waals surface area contributed by atoms with Crippen LogP contribution in [-0.2, 0) is 10.2 Å². The Morgan fingerprint density at radius 1 is 0.955 bits per heavy atom. The number of allylic oxidation sites excluding steroid dienone is 2. The van der Waals surface area contributed by atoms with Gasteiger partial charge in [-0.15, -0.1) is 0 Å². The maximum Gasteiger partial charge on any atom is 0.175 e. The second-order valence-corrected chi connectivity index (χ2v) is 5.81. The van der Waals surface area contributed by atoms with Crippen molar-refractivity contribution in [2.75, 3.05) is 7.05 Å². The number of hydrogen-bond acceptors (Lipinski definition) is 2. The molecule has 1 fully saturated rings. The Hall–Kier alpha value is -2.35. The van der Waals surface area contributed by atoms with Gasteiger partial charge in [0.25, 0.3) is 0 Å².